The number of nitrogens with zero attached hydrogens (tertiary/aromatic N) is 4. The van der Waals surface area contributed by atoms with Gasteiger partial charge in [-0.15, -0.1) is 0 Å². The molecule has 0 saturated heterocycles. The normalized spacial score (nSPS) is 11.1. The lowest BCUT2D eigenvalue weighted by molar-refractivity contribution is -0.385. The van der Waals surface area contributed by atoms with Crippen molar-refractivity contribution in [2.24, 2.45) is 0 Å². The lowest BCUT2D eigenvalue weighted by Gasteiger charge is -2.03. The van der Waals surface area contributed by atoms with E-state index in [0.29, 0.717) is 21.0 Å². The molecule has 0 unspecified atom stereocenters. The third kappa shape index (κ3) is 4.34. The molecule has 0 aliphatic heterocycles. The van der Waals surface area contributed by atoms with E-state index >= 15 is 0 Å². The van der Waals surface area contributed by atoms with E-state index < -0.39 is 11.5 Å². The van der Waals surface area contributed by atoms with Crippen LogP contribution in [0.3, 0.4) is 0 Å². The van der Waals surface area contributed by atoms with Gasteiger partial charge in [0.25, 0.3) is 0 Å². The van der Waals surface area contributed by atoms with Crippen molar-refractivity contribution in [2.75, 3.05) is 5.32 Å². The number of fused-ring (bicyclic) bond motifs is 1. The van der Waals surface area contributed by atoms with Crippen LogP contribution in [0.2, 0.25) is 0 Å². The molecule has 0 saturated carbocycles. The molecule has 1 N–H and O–H groups in total. The molecule has 1 aromatic carbocycles. The zero-order chi connectivity index (χ0) is 19.6. The fourth-order valence-corrected chi connectivity index (χ4v) is 3.28. The lowest BCUT2D eigenvalue weighted by atomic mass is 10.3. The van der Waals surface area contributed by atoms with Crippen LogP contribution in [0, 0.1) is 17.0 Å². The Morgan fingerprint density at radius 1 is 1.48 bits per heavy atom. The number of hydrogen-bond acceptors (Lipinski definition) is 7. The SMILES string of the molecule is Cc1c([N+](=O)[O-])cnn1CCC(=O)Nc1nc2ccc(OC(F)F)cc2s1. The van der Waals surface area contributed by atoms with Crippen molar-refractivity contribution in [2.45, 2.75) is 26.5 Å². The Bertz CT molecular complexity index is 1000. The van der Waals surface area contributed by atoms with Crippen LogP contribution < -0.4 is 10.1 Å². The van der Waals surface area contributed by atoms with E-state index in [0.717, 1.165) is 17.5 Å². The summed E-state index contributed by atoms with van der Waals surface area (Å²) in [5, 5.41) is 17.6. The predicted molar refractivity (Wildman–Crippen MR) is 93.1 cm³/mol. The molecule has 0 fully saturated rings. The highest BCUT2D eigenvalue weighted by molar-refractivity contribution is 7.22. The largest absolute Gasteiger partial charge is 0.435 e. The summed E-state index contributed by atoms with van der Waals surface area (Å²) in [4.78, 5) is 26.6. The number of aromatic nitrogens is 3. The first-order valence-corrected chi connectivity index (χ1v) is 8.47. The molecule has 0 aliphatic rings. The maximum Gasteiger partial charge on any atom is 0.387 e. The number of hydrogen-bond donors (Lipinski definition) is 1. The number of halogens is 2. The predicted octanol–water partition coefficient (Wildman–Crippen LogP) is 3.34. The van der Waals surface area contributed by atoms with Crippen molar-refractivity contribution >= 4 is 38.3 Å². The van der Waals surface area contributed by atoms with Gasteiger partial charge >= 0.3 is 12.3 Å². The van der Waals surface area contributed by atoms with E-state index in [1.165, 1.54) is 22.9 Å². The number of benzene rings is 1. The third-order valence-electron chi connectivity index (χ3n) is 3.66. The van der Waals surface area contributed by atoms with Gasteiger partial charge in [-0.1, -0.05) is 11.3 Å². The van der Waals surface area contributed by atoms with Gasteiger partial charge < -0.3 is 10.1 Å². The fraction of sp³-hybridized carbons (Fsp3) is 0.267. The van der Waals surface area contributed by atoms with Gasteiger partial charge in [0.15, 0.2) is 5.13 Å². The van der Waals surface area contributed by atoms with Crippen molar-refractivity contribution in [3.63, 3.8) is 0 Å². The number of carbonyl (C=O) groups is 1. The molecule has 2 aromatic heterocycles. The van der Waals surface area contributed by atoms with E-state index in [-0.39, 0.29) is 30.3 Å². The van der Waals surface area contributed by atoms with E-state index in [9.17, 15) is 23.7 Å². The van der Waals surface area contributed by atoms with Crippen LogP contribution in [0.1, 0.15) is 12.1 Å². The van der Waals surface area contributed by atoms with Crippen LogP contribution in [0.4, 0.5) is 19.6 Å². The summed E-state index contributed by atoms with van der Waals surface area (Å²) in [5.74, 6) is -0.342. The molecule has 0 spiro atoms. The average molecular weight is 397 g/mol. The monoisotopic (exact) mass is 397 g/mol. The Balaban J connectivity index is 1.63. The molecule has 0 radical (unpaired) electrons. The number of nitrogens with one attached hydrogen (secondary N) is 1. The van der Waals surface area contributed by atoms with Gasteiger partial charge in [-0.25, -0.2) is 4.98 Å². The van der Waals surface area contributed by atoms with Gasteiger partial charge in [0.05, 0.1) is 21.7 Å². The van der Waals surface area contributed by atoms with Crippen molar-refractivity contribution in [1.29, 1.82) is 0 Å². The Morgan fingerprint density at radius 3 is 2.93 bits per heavy atom. The highest BCUT2D eigenvalue weighted by Crippen LogP contribution is 2.30. The number of thiazole rings is 1. The summed E-state index contributed by atoms with van der Waals surface area (Å²) in [5.41, 5.74) is 0.790. The van der Waals surface area contributed by atoms with Crippen LogP contribution >= 0.6 is 11.3 Å². The van der Waals surface area contributed by atoms with Crippen molar-refractivity contribution in [3.8, 4) is 5.75 Å². The Morgan fingerprint density at radius 2 is 2.26 bits per heavy atom. The van der Waals surface area contributed by atoms with Crippen LogP contribution in [0.15, 0.2) is 24.4 Å². The molecular formula is C15H13F2N5O4S. The number of alkyl halides is 2. The van der Waals surface area contributed by atoms with Crippen molar-refractivity contribution < 1.29 is 23.2 Å². The Hall–Kier alpha value is -3.15. The van der Waals surface area contributed by atoms with Crippen molar-refractivity contribution in [3.05, 3.63) is 40.2 Å². The molecule has 27 heavy (non-hydrogen) atoms. The highest BCUT2D eigenvalue weighted by Gasteiger charge is 2.17. The van der Waals surface area contributed by atoms with Gasteiger partial charge in [0, 0.05) is 6.42 Å². The Labute approximate surface area is 154 Å². The summed E-state index contributed by atoms with van der Waals surface area (Å²) in [6.45, 7) is -1.20. The first-order chi connectivity index (χ1) is 12.8. The number of aryl methyl sites for hydroxylation is 1. The summed E-state index contributed by atoms with van der Waals surface area (Å²) in [7, 11) is 0. The summed E-state index contributed by atoms with van der Waals surface area (Å²) >= 11 is 1.12. The molecule has 0 aliphatic carbocycles. The fourth-order valence-electron chi connectivity index (χ4n) is 2.37. The smallest absolute Gasteiger partial charge is 0.387 e. The van der Waals surface area contributed by atoms with Gasteiger partial charge in [-0.05, 0) is 25.1 Å². The van der Waals surface area contributed by atoms with Gasteiger partial charge in [-0.3, -0.25) is 19.6 Å². The van der Waals surface area contributed by atoms with Crippen LogP contribution in [0.5, 0.6) is 5.75 Å². The number of carbonyl (C=O) groups excluding carboxylic acids is 1. The van der Waals surface area contributed by atoms with Gasteiger partial charge in [0.1, 0.15) is 17.6 Å². The molecule has 3 aromatic rings. The van der Waals surface area contributed by atoms with Gasteiger partial charge in [0.2, 0.25) is 5.91 Å². The number of amides is 1. The first kappa shape index (κ1) is 18.6. The molecule has 1 amide bonds. The molecule has 2 heterocycles. The minimum Gasteiger partial charge on any atom is -0.435 e. The second-order valence-corrected chi connectivity index (χ2v) is 6.45. The number of rotatable bonds is 7. The molecule has 9 nitrogen and oxygen atoms in total. The van der Waals surface area contributed by atoms with E-state index in [2.05, 4.69) is 20.1 Å². The summed E-state index contributed by atoms with van der Waals surface area (Å²) in [6, 6.07) is 4.31. The Kier molecular flexibility index (Phi) is 5.26. The topological polar surface area (TPSA) is 112 Å². The maximum atomic E-state index is 12.3. The molecule has 12 heteroatoms. The quantitative estimate of drug-likeness (QED) is 0.483. The van der Waals surface area contributed by atoms with Crippen LogP contribution in [-0.2, 0) is 11.3 Å². The van der Waals surface area contributed by atoms with Crippen LogP contribution in [0.25, 0.3) is 10.2 Å². The number of anilines is 1. The van der Waals surface area contributed by atoms with E-state index in [1.807, 2.05) is 0 Å². The second-order valence-electron chi connectivity index (χ2n) is 5.42. The molecule has 3 rings (SSSR count). The number of ether oxygens (including phenoxy) is 1. The molecule has 142 valence electrons. The maximum absolute atomic E-state index is 12.3. The minimum atomic E-state index is -2.92. The zero-order valence-corrected chi connectivity index (χ0v) is 14.7. The molecule has 0 atom stereocenters. The summed E-state index contributed by atoms with van der Waals surface area (Å²) in [6.07, 6.45) is 1.18. The van der Waals surface area contributed by atoms with Crippen molar-refractivity contribution in [1.82, 2.24) is 14.8 Å². The van der Waals surface area contributed by atoms with E-state index in [4.69, 9.17) is 0 Å². The summed E-state index contributed by atoms with van der Waals surface area (Å²) < 4.78 is 30.8. The lowest BCUT2D eigenvalue weighted by Crippen LogP contribution is -2.15. The number of nitro groups is 1. The molecule has 0 bridgehead atoms. The second kappa shape index (κ2) is 7.61. The minimum absolute atomic E-state index is 0.00905. The first-order valence-electron chi connectivity index (χ1n) is 7.65. The van der Waals surface area contributed by atoms with Gasteiger partial charge in [-0.2, -0.15) is 13.9 Å². The average Bonchev–Trinajstić information content (AvgIpc) is 3.14. The standard InChI is InChI=1S/C15H13F2N5O4S/c1-8-11(22(24)25)7-18-21(8)5-4-13(23)20-15-19-10-3-2-9(26-14(16)17)6-12(10)27-15/h2-3,6-7,14H,4-5H2,1H3,(H,19,20,23). The highest BCUT2D eigenvalue weighted by atomic mass is 32.1. The van der Waals surface area contributed by atoms with Crippen LogP contribution in [-0.4, -0.2) is 32.2 Å². The zero-order valence-electron chi connectivity index (χ0n) is 13.9. The third-order valence-corrected chi connectivity index (χ3v) is 4.59. The molecular weight excluding hydrogens is 384 g/mol. The van der Waals surface area contributed by atoms with E-state index in [1.54, 1.807) is 6.92 Å².